The Labute approximate surface area is 157 Å². The normalized spacial score (nSPS) is 20.2. The molecular weight excluding hydrogens is 352 g/mol. The Morgan fingerprint density at radius 3 is 2.58 bits per heavy atom. The number of benzene rings is 2. The quantitative estimate of drug-likeness (QED) is 0.857. The number of piperidine rings is 1. The molecule has 2 aliphatic heterocycles. The maximum absolute atomic E-state index is 12.0. The lowest BCUT2D eigenvalue weighted by molar-refractivity contribution is -0.0444. The summed E-state index contributed by atoms with van der Waals surface area (Å²) >= 11 is 5.91. The van der Waals surface area contributed by atoms with Crippen LogP contribution in [0.3, 0.4) is 0 Å². The highest BCUT2D eigenvalue weighted by Gasteiger charge is 2.44. The van der Waals surface area contributed by atoms with Crippen molar-refractivity contribution < 1.29 is 14.6 Å². The Hall–Kier alpha value is -2.08. The van der Waals surface area contributed by atoms with Gasteiger partial charge in [0.1, 0.15) is 5.60 Å². The van der Waals surface area contributed by atoms with Crippen LogP contribution in [0.25, 0.3) is 0 Å². The van der Waals surface area contributed by atoms with Gasteiger partial charge in [-0.2, -0.15) is 0 Å². The largest absolute Gasteiger partial charge is 0.438 e. The van der Waals surface area contributed by atoms with Crippen LogP contribution in [-0.2, 0) is 10.3 Å². The van der Waals surface area contributed by atoms with Gasteiger partial charge in [-0.1, -0.05) is 41.9 Å². The number of hydrogen-bond donors (Lipinski definition) is 2. The summed E-state index contributed by atoms with van der Waals surface area (Å²) in [7, 11) is 0. The van der Waals surface area contributed by atoms with Crippen molar-refractivity contribution in [2.75, 3.05) is 25.0 Å². The molecule has 4 rings (SSSR count). The van der Waals surface area contributed by atoms with Crippen LogP contribution in [-0.4, -0.2) is 35.7 Å². The fourth-order valence-electron chi connectivity index (χ4n) is 3.86. The lowest BCUT2D eigenvalue weighted by Crippen LogP contribution is -2.49. The molecule has 2 aromatic rings. The van der Waals surface area contributed by atoms with Gasteiger partial charge >= 0.3 is 6.09 Å². The number of ether oxygens (including phenoxy) is 1. The van der Waals surface area contributed by atoms with Crippen LogP contribution >= 0.6 is 11.6 Å². The molecule has 1 saturated heterocycles. The number of anilines is 1. The van der Waals surface area contributed by atoms with Crippen LogP contribution in [0.15, 0.2) is 48.5 Å². The number of β-amino-alcohol motifs (C(OH)–C–C–N with tert-alkyl or cyclic N) is 1. The van der Waals surface area contributed by atoms with E-state index in [0.717, 1.165) is 29.9 Å². The van der Waals surface area contributed by atoms with Crippen molar-refractivity contribution in [3.8, 4) is 0 Å². The number of hydrogen-bond acceptors (Lipinski definition) is 4. The van der Waals surface area contributed by atoms with Crippen LogP contribution in [0.5, 0.6) is 0 Å². The first-order valence-corrected chi connectivity index (χ1v) is 9.19. The number of carbonyl (C=O) groups is 1. The third kappa shape index (κ3) is 3.30. The minimum absolute atomic E-state index is 0.390. The smallest absolute Gasteiger partial charge is 0.412 e. The van der Waals surface area contributed by atoms with Crippen LogP contribution in [0.4, 0.5) is 10.5 Å². The Morgan fingerprint density at radius 2 is 1.85 bits per heavy atom. The van der Waals surface area contributed by atoms with E-state index in [4.69, 9.17) is 16.3 Å². The number of para-hydroxylation sites is 1. The summed E-state index contributed by atoms with van der Waals surface area (Å²) in [6.45, 7) is 2.06. The predicted molar refractivity (Wildman–Crippen MR) is 100 cm³/mol. The number of halogens is 1. The van der Waals surface area contributed by atoms with E-state index in [1.807, 2.05) is 36.4 Å². The second-order valence-corrected chi connectivity index (χ2v) is 7.36. The number of nitrogens with zero attached hydrogens (tertiary/aromatic N) is 1. The van der Waals surface area contributed by atoms with Gasteiger partial charge in [-0.25, -0.2) is 4.79 Å². The van der Waals surface area contributed by atoms with E-state index in [2.05, 4.69) is 10.2 Å². The average molecular weight is 373 g/mol. The Bertz CT molecular complexity index is 801. The summed E-state index contributed by atoms with van der Waals surface area (Å²) < 4.78 is 5.74. The van der Waals surface area contributed by atoms with Gasteiger partial charge in [0.25, 0.3) is 0 Å². The van der Waals surface area contributed by atoms with E-state index in [1.54, 1.807) is 12.1 Å². The van der Waals surface area contributed by atoms with E-state index in [0.29, 0.717) is 24.4 Å². The van der Waals surface area contributed by atoms with Crippen molar-refractivity contribution in [2.45, 2.75) is 24.5 Å². The summed E-state index contributed by atoms with van der Waals surface area (Å²) in [4.78, 5) is 14.2. The van der Waals surface area contributed by atoms with E-state index < -0.39 is 17.8 Å². The molecular formula is C20H21ClN2O3. The average Bonchev–Trinajstić information content (AvgIpc) is 2.64. The molecule has 5 nitrogen and oxygen atoms in total. The van der Waals surface area contributed by atoms with Crippen LogP contribution in [0.1, 0.15) is 30.1 Å². The van der Waals surface area contributed by atoms with Gasteiger partial charge in [0.2, 0.25) is 0 Å². The number of aliphatic hydroxyl groups is 1. The zero-order chi connectivity index (χ0) is 18.1. The number of rotatable bonds is 3. The standard InChI is InChI=1S/C20H21ClN2O3/c21-15-7-5-14(6-8-15)18(24)13-23-11-9-20(10-12-23)16-3-1-2-4-17(16)22-19(25)26-20/h1-8,18,24H,9-13H2,(H,22,25). The van der Waals surface area contributed by atoms with Gasteiger partial charge in [0.15, 0.2) is 0 Å². The molecule has 1 spiro atoms. The van der Waals surface area contributed by atoms with Crippen LogP contribution < -0.4 is 5.32 Å². The van der Waals surface area contributed by atoms with Crippen LogP contribution in [0.2, 0.25) is 5.02 Å². The van der Waals surface area contributed by atoms with Gasteiger partial charge in [-0.3, -0.25) is 5.32 Å². The molecule has 0 bridgehead atoms. The summed E-state index contributed by atoms with van der Waals surface area (Å²) in [6.07, 6.45) is 0.470. The third-order valence-electron chi connectivity index (χ3n) is 5.29. The number of likely N-dealkylation sites (tertiary alicyclic amines) is 1. The highest BCUT2D eigenvalue weighted by Crippen LogP contribution is 2.43. The van der Waals surface area contributed by atoms with Crippen molar-refractivity contribution in [3.63, 3.8) is 0 Å². The number of aliphatic hydroxyl groups excluding tert-OH is 1. The molecule has 2 aliphatic rings. The lowest BCUT2D eigenvalue weighted by atomic mass is 9.82. The topological polar surface area (TPSA) is 61.8 Å². The number of fused-ring (bicyclic) bond motifs is 2. The highest BCUT2D eigenvalue weighted by atomic mass is 35.5. The number of amides is 1. The van der Waals surface area contributed by atoms with Gasteiger partial charge < -0.3 is 14.7 Å². The molecule has 6 heteroatoms. The minimum atomic E-state index is -0.569. The van der Waals surface area contributed by atoms with Crippen molar-refractivity contribution in [1.29, 1.82) is 0 Å². The molecule has 0 radical (unpaired) electrons. The molecule has 136 valence electrons. The SMILES string of the molecule is O=C1Nc2ccccc2C2(CCN(CC(O)c3ccc(Cl)cc3)CC2)O1. The first kappa shape index (κ1) is 17.3. The molecule has 2 heterocycles. The monoisotopic (exact) mass is 372 g/mol. The molecule has 0 aromatic heterocycles. The second-order valence-electron chi connectivity index (χ2n) is 6.92. The molecule has 1 amide bonds. The van der Waals surface area contributed by atoms with Gasteiger partial charge in [0, 0.05) is 43.1 Å². The van der Waals surface area contributed by atoms with Gasteiger partial charge in [-0.05, 0) is 23.8 Å². The zero-order valence-corrected chi connectivity index (χ0v) is 15.1. The fourth-order valence-corrected chi connectivity index (χ4v) is 3.99. The molecule has 0 aliphatic carbocycles. The molecule has 1 atom stereocenters. The van der Waals surface area contributed by atoms with Crippen LogP contribution in [0, 0.1) is 0 Å². The Kier molecular flexibility index (Phi) is 4.61. The van der Waals surface area contributed by atoms with E-state index >= 15 is 0 Å². The summed E-state index contributed by atoms with van der Waals surface area (Å²) in [5.41, 5.74) is 2.16. The summed E-state index contributed by atoms with van der Waals surface area (Å²) in [5, 5.41) is 13.9. The zero-order valence-electron chi connectivity index (χ0n) is 14.3. The summed E-state index contributed by atoms with van der Waals surface area (Å²) in [5.74, 6) is 0. The first-order valence-electron chi connectivity index (χ1n) is 8.81. The first-order chi connectivity index (χ1) is 12.6. The summed E-state index contributed by atoms with van der Waals surface area (Å²) in [6, 6.07) is 15.1. The maximum atomic E-state index is 12.0. The lowest BCUT2D eigenvalue weighted by Gasteiger charge is -2.44. The Morgan fingerprint density at radius 1 is 1.15 bits per heavy atom. The molecule has 1 fully saturated rings. The molecule has 2 aromatic carbocycles. The number of nitrogens with one attached hydrogen (secondary N) is 1. The molecule has 26 heavy (non-hydrogen) atoms. The maximum Gasteiger partial charge on any atom is 0.412 e. The fraction of sp³-hybridized carbons (Fsp3) is 0.350. The Balaban J connectivity index is 1.44. The van der Waals surface area contributed by atoms with Gasteiger partial charge in [-0.15, -0.1) is 0 Å². The molecule has 2 N–H and O–H groups in total. The molecule has 0 saturated carbocycles. The van der Waals surface area contributed by atoms with E-state index in [1.165, 1.54) is 0 Å². The predicted octanol–water partition coefficient (Wildman–Crippen LogP) is 3.93. The van der Waals surface area contributed by atoms with Crippen molar-refractivity contribution >= 4 is 23.4 Å². The van der Waals surface area contributed by atoms with Crippen molar-refractivity contribution in [2.24, 2.45) is 0 Å². The second kappa shape index (κ2) is 6.91. The third-order valence-corrected chi connectivity index (χ3v) is 5.54. The van der Waals surface area contributed by atoms with Gasteiger partial charge in [0.05, 0.1) is 11.8 Å². The highest BCUT2D eigenvalue weighted by molar-refractivity contribution is 6.30. The minimum Gasteiger partial charge on any atom is -0.438 e. The van der Waals surface area contributed by atoms with E-state index in [9.17, 15) is 9.90 Å². The van der Waals surface area contributed by atoms with Crippen molar-refractivity contribution in [1.82, 2.24) is 4.90 Å². The number of carbonyl (C=O) groups excluding carboxylic acids is 1. The molecule has 1 unspecified atom stereocenters. The van der Waals surface area contributed by atoms with E-state index in [-0.39, 0.29) is 0 Å². The van der Waals surface area contributed by atoms with Crippen molar-refractivity contribution in [3.05, 3.63) is 64.7 Å².